The fourth-order valence-corrected chi connectivity index (χ4v) is 4.91. The summed E-state index contributed by atoms with van der Waals surface area (Å²) in [5, 5.41) is 12.8. The van der Waals surface area contributed by atoms with Gasteiger partial charge in [0.1, 0.15) is 11.5 Å². The summed E-state index contributed by atoms with van der Waals surface area (Å²) >= 11 is 9.48. The lowest BCUT2D eigenvalue weighted by atomic mass is 9.93. The Bertz CT molecular complexity index is 1110. The highest BCUT2D eigenvalue weighted by molar-refractivity contribution is 9.10. The Morgan fingerprint density at radius 1 is 1.45 bits per heavy atom. The number of aromatic nitrogens is 2. The molecule has 0 saturated carbocycles. The van der Waals surface area contributed by atoms with Gasteiger partial charge < -0.3 is 20.3 Å². The number of nitrogens with one attached hydrogen (secondary N) is 2. The van der Waals surface area contributed by atoms with E-state index in [-0.39, 0.29) is 23.1 Å². The monoisotopic (exact) mass is 508 g/mol. The highest BCUT2D eigenvalue weighted by Crippen LogP contribution is 2.40. The second-order valence-corrected chi connectivity index (χ2v) is 9.05. The van der Waals surface area contributed by atoms with E-state index in [1.54, 1.807) is 12.4 Å². The van der Waals surface area contributed by atoms with E-state index in [2.05, 4.69) is 36.1 Å². The van der Waals surface area contributed by atoms with Crippen LogP contribution in [0.2, 0.25) is 5.02 Å². The Morgan fingerprint density at radius 2 is 2.29 bits per heavy atom. The van der Waals surface area contributed by atoms with Gasteiger partial charge in [0.25, 0.3) is 5.91 Å². The average molecular weight is 510 g/mol. The van der Waals surface area contributed by atoms with Gasteiger partial charge in [-0.25, -0.2) is 9.37 Å². The maximum Gasteiger partial charge on any atom is 0.255 e. The van der Waals surface area contributed by atoms with Crippen LogP contribution in [-0.2, 0) is 0 Å². The molecule has 0 bridgehead atoms. The van der Waals surface area contributed by atoms with Crippen molar-refractivity contribution in [1.82, 2.24) is 9.97 Å². The minimum atomic E-state index is -0.568. The summed E-state index contributed by atoms with van der Waals surface area (Å²) < 4.78 is 14.3. The summed E-state index contributed by atoms with van der Waals surface area (Å²) in [7, 11) is 0. The Morgan fingerprint density at radius 3 is 3.06 bits per heavy atom. The zero-order chi connectivity index (χ0) is 22.0. The lowest BCUT2D eigenvalue weighted by molar-refractivity contribution is 0.102. The number of nitrogens with zero attached hydrogens (tertiary/aromatic N) is 2. The van der Waals surface area contributed by atoms with E-state index >= 15 is 0 Å². The van der Waals surface area contributed by atoms with Crippen molar-refractivity contribution >= 4 is 55.8 Å². The molecule has 1 saturated heterocycles. The molecule has 0 unspecified atom stereocenters. The molecule has 31 heavy (non-hydrogen) atoms. The Labute approximate surface area is 192 Å². The molecular formula is C22H23BrClFN4O2. The number of hydrogen-bond donors (Lipinski definition) is 3. The van der Waals surface area contributed by atoms with E-state index in [0.717, 1.165) is 54.3 Å². The van der Waals surface area contributed by atoms with Crippen molar-refractivity contribution in [2.24, 2.45) is 5.92 Å². The molecule has 9 heteroatoms. The highest BCUT2D eigenvalue weighted by atomic mass is 79.9. The van der Waals surface area contributed by atoms with Crippen LogP contribution >= 0.6 is 27.5 Å². The fourth-order valence-electron chi connectivity index (χ4n) is 4.18. The number of benzene rings is 1. The van der Waals surface area contributed by atoms with Crippen LogP contribution in [0.1, 0.15) is 36.0 Å². The molecule has 3 heterocycles. The van der Waals surface area contributed by atoms with Crippen molar-refractivity contribution in [3.63, 3.8) is 0 Å². The molecule has 1 atom stereocenters. The first kappa shape index (κ1) is 22.0. The van der Waals surface area contributed by atoms with Crippen molar-refractivity contribution in [2.45, 2.75) is 25.7 Å². The third kappa shape index (κ3) is 4.71. The Balaban J connectivity index is 1.66. The van der Waals surface area contributed by atoms with Crippen LogP contribution in [-0.4, -0.2) is 40.7 Å². The van der Waals surface area contributed by atoms with Crippen LogP contribution in [0.4, 0.5) is 15.8 Å². The average Bonchev–Trinajstić information content (AvgIpc) is 3.17. The van der Waals surface area contributed by atoms with E-state index in [9.17, 15) is 14.3 Å². The Hall–Kier alpha value is -2.16. The summed E-state index contributed by atoms with van der Waals surface area (Å²) in [6.45, 7) is 1.99. The molecule has 4 rings (SSSR count). The SMILES string of the molecule is O=C(Nc1c[nH]c2ncc(Br)c(N3CCC[C@@H](CCCO)C3)c12)c1ccc(F)c(Cl)c1. The second-order valence-electron chi connectivity index (χ2n) is 7.78. The number of aliphatic hydroxyl groups is 1. The summed E-state index contributed by atoms with van der Waals surface area (Å²) in [6, 6.07) is 3.89. The van der Waals surface area contributed by atoms with Gasteiger partial charge in [-0.1, -0.05) is 11.6 Å². The third-order valence-electron chi connectivity index (χ3n) is 5.67. The molecule has 1 amide bonds. The molecule has 164 valence electrons. The molecule has 3 N–H and O–H groups in total. The number of anilines is 2. The van der Waals surface area contributed by atoms with Gasteiger partial charge in [0.05, 0.1) is 26.3 Å². The topological polar surface area (TPSA) is 81.2 Å². The smallest absolute Gasteiger partial charge is 0.255 e. The van der Waals surface area contributed by atoms with Crippen molar-refractivity contribution in [1.29, 1.82) is 0 Å². The van der Waals surface area contributed by atoms with Crippen LogP contribution in [0.25, 0.3) is 11.0 Å². The summed E-state index contributed by atoms with van der Waals surface area (Å²) in [5.74, 6) is -0.441. The van der Waals surface area contributed by atoms with Crippen molar-refractivity contribution in [3.8, 4) is 0 Å². The van der Waals surface area contributed by atoms with Gasteiger partial charge >= 0.3 is 0 Å². The summed E-state index contributed by atoms with van der Waals surface area (Å²) in [4.78, 5) is 22.7. The number of rotatable bonds is 6. The van der Waals surface area contributed by atoms with Gasteiger partial charge in [0.2, 0.25) is 0 Å². The van der Waals surface area contributed by atoms with Gasteiger partial charge in [-0.05, 0) is 65.7 Å². The number of carbonyl (C=O) groups excluding carboxylic acids is 1. The number of piperidine rings is 1. The lowest BCUT2D eigenvalue weighted by Crippen LogP contribution is -2.36. The number of pyridine rings is 1. The second kappa shape index (κ2) is 9.54. The van der Waals surface area contributed by atoms with E-state index in [0.29, 0.717) is 17.3 Å². The van der Waals surface area contributed by atoms with Crippen LogP contribution in [0.15, 0.2) is 35.1 Å². The van der Waals surface area contributed by atoms with Gasteiger partial charge in [-0.2, -0.15) is 0 Å². The van der Waals surface area contributed by atoms with Crippen LogP contribution in [0.5, 0.6) is 0 Å². The summed E-state index contributed by atoms with van der Waals surface area (Å²) in [6.07, 6.45) is 7.47. The molecule has 0 radical (unpaired) electrons. The van der Waals surface area contributed by atoms with Crippen LogP contribution in [0, 0.1) is 11.7 Å². The van der Waals surface area contributed by atoms with Gasteiger partial charge in [0, 0.05) is 37.7 Å². The molecule has 1 aliphatic rings. The third-order valence-corrected chi connectivity index (χ3v) is 6.54. The van der Waals surface area contributed by atoms with E-state index in [1.807, 2.05) is 0 Å². The minimum absolute atomic E-state index is 0.0982. The van der Waals surface area contributed by atoms with Gasteiger partial charge in [0.15, 0.2) is 0 Å². The largest absolute Gasteiger partial charge is 0.396 e. The fraction of sp³-hybridized carbons (Fsp3) is 0.364. The molecular weight excluding hydrogens is 487 g/mol. The normalized spacial score (nSPS) is 16.6. The van der Waals surface area contributed by atoms with E-state index < -0.39 is 5.82 Å². The zero-order valence-electron chi connectivity index (χ0n) is 16.8. The molecule has 1 aliphatic heterocycles. The molecule has 6 nitrogen and oxygen atoms in total. The number of amides is 1. The van der Waals surface area contributed by atoms with Crippen LogP contribution < -0.4 is 10.2 Å². The van der Waals surface area contributed by atoms with Gasteiger partial charge in [-0.3, -0.25) is 4.79 Å². The number of aromatic amines is 1. The number of carbonyl (C=O) groups is 1. The molecule has 1 fully saturated rings. The summed E-state index contributed by atoms with van der Waals surface area (Å²) in [5.41, 5.74) is 2.52. The van der Waals surface area contributed by atoms with Crippen molar-refractivity contribution in [2.75, 3.05) is 29.9 Å². The number of aliphatic hydroxyl groups excluding tert-OH is 1. The van der Waals surface area contributed by atoms with E-state index in [1.165, 1.54) is 18.2 Å². The van der Waals surface area contributed by atoms with Crippen molar-refractivity contribution < 1.29 is 14.3 Å². The number of halogens is 3. The predicted octanol–water partition coefficient (Wildman–Crippen LogP) is 5.36. The van der Waals surface area contributed by atoms with Crippen LogP contribution in [0.3, 0.4) is 0 Å². The molecule has 0 spiro atoms. The highest BCUT2D eigenvalue weighted by Gasteiger charge is 2.25. The predicted molar refractivity (Wildman–Crippen MR) is 124 cm³/mol. The number of hydrogen-bond acceptors (Lipinski definition) is 4. The van der Waals surface area contributed by atoms with Gasteiger partial charge in [-0.15, -0.1) is 0 Å². The molecule has 2 aromatic heterocycles. The zero-order valence-corrected chi connectivity index (χ0v) is 19.1. The lowest BCUT2D eigenvalue weighted by Gasteiger charge is -2.35. The molecule has 3 aromatic rings. The first-order valence-electron chi connectivity index (χ1n) is 10.3. The quantitative estimate of drug-likeness (QED) is 0.418. The van der Waals surface area contributed by atoms with Crippen molar-refractivity contribution in [3.05, 3.63) is 51.5 Å². The maximum absolute atomic E-state index is 13.5. The maximum atomic E-state index is 13.5. The molecule has 1 aromatic carbocycles. The van der Waals surface area contributed by atoms with E-state index in [4.69, 9.17) is 11.6 Å². The standard InChI is InChI=1S/C22H23BrClFN4O2/c23-15-10-26-21-19(20(15)29-7-1-3-13(12-29)4-2-8-30)18(11-27-21)28-22(31)14-5-6-17(25)16(24)9-14/h5-6,9-11,13,30H,1-4,7-8,12H2,(H,26,27)(H,28,31)/t13-/m0/s1. The first-order chi connectivity index (χ1) is 15.0. The number of fused-ring (bicyclic) bond motifs is 1. The first-order valence-corrected chi connectivity index (χ1v) is 11.4. The Kier molecular flexibility index (Phi) is 6.79. The molecule has 0 aliphatic carbocycles. The minimum Gasteiger partial charge on any atom is -0.396 e. The number of H-pyrrole nitrogens is 1.